The van der Waals surface area contributed by atoms with Gasteiger partial charge < -0.3 is 15.5 Å². The number of nitrogens with one attached hydrogen (secondary N) is 2. The van der Waals surface area contributed by atoms with Gasteiger partial charge in [-0.15, -0.1) is 10.2 Å². The highest BCUT2D eigenvalue weighted by molar-refractivity contribution is 7.99. The molecule has 1 aromatic carbocycles. The van der Waals surface area contributed by atoms with Crippen molar-refractivity contribution in [3.63, 3.8) is 0 Å². The van der Waals surface area contributed by atoms with E-state index in [9.17, 15) is 9.59 Å². The Morgan fingerprint density at radius 1 is 1.10 bits per heavy atom. The van der Waals surface area contributed by atoms with Crippen LogP contribution >= 0.6 is 11.8 Å². The van der Waals surface area contributed by atoms with Crippen LogP contribution in [0.1, 0.15) is 31.2 Å². The minimum absolute atomic E-state index is 0.0666. The second kappa shape index (κ2) is 9.47. The van der Waals surface area contributed by atoms with Crippen molar-refractivity contribution in [2.24, 2.45) is 5.92 Å². The molecule has 0 unspecified atom stereocenters. The molecule has 2 heterocycles. The van der Waals surface area contributed by atoms with Gasteiger partial charge >= 0.3 is 0 Å². The summed E-state index contributed by atoms with van der Waals surface area (Å²) >= 11 is 1.37. The number of thioether (sulfide) groups is 1. The smallest absolute Gasteiger partial charge is 0.234 e. The number of piperidine rings is 1. The third kappa shape index (κ3) is 5.72. The van der Waals surface area contributed by atoms with Crippen molar-refractivity contribution < 1.29 is 9.59 Å². The first-order chi connectivity index (χ1) is 14.6. The van der Waals surface area contributed by atoms with Gasteiger partial charge in [0.25, 0.3) is 0 Å². The normalized spacial score (nSPS) is 16.9. The number of hydrogen-bond acceptors (Lipinski definition) is 6. The number of amides is 2. The predicted molar refractivity (Wildman–Crippen MR) is 119 cm³/mol. The van der Waals surface area contributed by atoms with Gasteiger partial charge in [-0.2, -0.15) is 0 Å². The zero-order valence-corrected chi connectivity index (χ0v) is 18.0. The van der Waals surface area contributed by atoms with E-state index in [4.69, 9.17) is 0 Å². The summed E-state index contributed by atoms with van der Waals surface area (Å²) in [5.41, 5.74) is 1.91. The molecule has 1 saturated heterocycles. The van der Waals surface area contributed by atoms with Gasteiger partial charge in [0.2, 0.25) is 11.8 Å². The molecule has 1 aliphatic carbocycles. The van der Waals surface area contributed by atoms with Gasteiger partial charge in [-0.25, -0.2) is 0 Å². The van der Waals surface area contributed by atoms with Crippen molar-refractivity contribution in [2.45, 2.75) is 43.7 Å². The molecule has 4 rings (SSSR count). The molecule has 2 aromatic rings. The SMILES string of the molecule is Cc1cccc(NC(=O)CSc2ccc(N3CCC(C(=O)NC4CC4)CC3)nn2)c1. The first-order valence-electron chi connectivity index (χ1n) is 10.5. The molecule has 0 radical (unpaired) electrons. The maximum atomic E-state index is 12.2. The summed E-state index contributed by atoms with van der Waals surface area (Å²) in [5, 5.41) is 15.3. The largest absolute Gasteiger partial charge is 0.355 e. The van der Waals surface area contributed by atoms with Crippen LogP contribution in [0.3, 0.4) is 0 Å². The summed E-state index contributed by atoms with van der Waals surface area (Å²) < 4.78 is 0. The second-order valence-corrected chi connectivity index (χ2v) is 8.98. The van der Waals surface area contributed by atoms with Crippen LogP contribution in [-0.4, -0.2) is 46.9 Å². The molecule has 2 amide bonds. The molecule has 158 valence electrons. The van der Waals surface area contributed by atoms with E-state index < -0.39 is 0 Å². The number of aryl methyl sites for hydroxylation is 1. The van der Waals surface area contributed by atoms with E-state index in [1.54, 1.807) is 0 Å². The van der Waals surface area contributed by atoms with Crippen LogP contribution in [0, 0.1) is 12.8 Å². The number of rotatable bonds is 7. The first kappa shape index (κ1) is 20.7. The van der Waals surface area contributed by atoms with Crippen LogP contribution in [0.15, 0.2) is 41.4 Å². The van der Waals surface area contributed by atoms with Crippen LogP contribution in [0.2, 0.25) is 0 Å². The van der Waals surface area contributed by atoms with E-state index in [0.29, 0.717) is 6.04 Å². The van der Waals surface area contributed by atoms with Crippen LogP contribution in [0.4, 0.5) is 11.5 Å². The van der Waals surface area contributed by atoms with Crippen molar-refractivity contribution >= 4 is 35.1 Å². The van der Waals surface area contributed by atoms with E-state index in [-0.39, 0.29) is 23.5 Å². The molecule has 2 N–H and O–H groups in total. The maximum absolute atomic E-state index is 12.2. The molecule has 7 nitrogen and oxygen atoms in total. The average molecular weight is 426 g/mol. The highest BCUT2D eigenvalue weighted by Gasteiger charge is 2.30. The lowest BCUT2D eigenvalue weighted by Gasteiger charge is -2.31. The van der Waals surface area contributed by atoms with E-state index in [0.717, 1.165) is 60.9 Å². The monoisotopic (exact) mass is 425 g/mol. The Morgan fingerprint density at radius 3 is 2.57 bits per heavy atom. The van der Waals surface area contributed by atoms with Crippen LogP contribution in [0.25, 0.3) is 0 Å². The molecule has 0 spiro atoms. The van der Waals surface area contributed by atoms with Gasteiger partial charge in [0.05, 0.1) is 5.75 Å². The highest BCUT2D eigenvalue weighted by atomic mass is 32.2. The highest BCUT2D eigenvalue weighted by Crippen LogP contribution is 2.25. The number of hydrogen-bond donors (Lipinski definition) is 2. The van der Waals surface area contributed by atoms with Gasteiger partial charge in [0.15, 0.2) is 5.82 Å². The first-order valence-corrected chi connectivity index (χ1v) is 11.4. The Hall–Kier alpha value is -2.61. The molecule has 1 saturated carbocycles. The van der Waals surface area contributed by atoms with Crippen LogP contribution in [-0.2, 0) is 9.59 Å². The molecular weight excluding hydrogens is 398 g/mol. The van der Waals surface area contributed by atoms with Crippen molar-refractivity contribution in [3.05, 3.63) is 42.0 Å². The topological polar surface area (TPSA) is 87.2 Å². The van der Waals surface area contributed by atoms with Crippen molar-refractivity contribution in [2.75, 3.05) is 29.1 Å². The minimum atomic E-state index is -0.0666. The molecule has 2 fully saturated rings. The summed E-state index contributed by atoms with van der Waals surface area (Å²) in [5.74, 6) is 1.35. The summed E-state index contributed by atoms with van der Waals surface area (Å²) in [6.45, 7) is 3.61. The quantitative estimate of drug-likeness (QED) is 0.663. The molecule has 30 heavy (non-hydrogen) atoms. The maximum Gasteiger partial charge on any atom is 0.234 e. The summed E-state index contributed by atoms with van der Waals surface area (Å²) in [6.07, 6.45) is 3.93. The Morgan fingerprint density at radius 2 is 1.90 bits per heavy atom. The number of carbonyl (C=O) groups excluding carboxylic acids is 2. The fraction of sp³-hybridized carbons (Fsp3) is 0.455. The molecular formula is C22H27N5O2S. The van der Waals surface area contributed by atoms with Gasteiger partial charge in [-0.05, 0) is 62.4 Å². The zero-order chi connectivity index (χ0) is 20.9. The Bertz CT molecular complexity index is 893. The fourth-order valence-electron chi connectivity index (χ4n) is 3.54. The average Bonchev–Trinajstić information content (AvgIpc) is 3.57. The van der Waals surface area contributed by atoms with Crippen LogP contribution in [0.5, 0.6) is 0 Å². The summed E-state index contributed by atoms with van der Waals surface area (Å²) in [4.78, 5) is 26.5. The number of benzene rings is 1. The minimum Gasteiger partial charge on any atom is -0.355 e. The number of anilines is 2. The van der Waals surface area contributed by atoms with Gasteiger partial charge in [-0.1, -0.05) is 23.9 Å². The van der Waals surface area contributed by atoms with E-state index in [1.807, 2.05) is 43.3 Å². The summed E-state index contributed by atoms with van der Waals surface area (Å²) in [7, 11) is 0. The lowest BCUT2D eigenvalue weighted by molar-refractivity contribution is -0.125. The number of nitrogens with zero attached hydrogens (tertiary/aromatic N) is 3. The second-order valence-electron chi connectivity index (χ2n) is 7.98. The van der Waals surface area contributed by atoms with E-state index in [1.165, 1.54) is 11.8 Å². The standard InChI is InChI=1S/C22H27N5O2S/c1-15-3-2-4-18(13-15)23-20(28)14-30-21-8-7-19(25-26-21)27-11-9-16(10-12-27)22(29)24-17-5-6-17/h2-4,7-8,13,16-17H,5-6,9-12,14H2,1H3,(H,23,28)(H,24,29). The van der Waals surface area contributed by atoms with E-state index >= 15 is 0 Å². The summed E-state index contributed by atoms with van der Waals surface area (Å²) in [6, 6.07) is 12.0. The molecule has 2 aliphatic rings. The Labute approximate surface area is 181 Å². The number of carbonyl (C=O) groups is 2. The number of aromatic nitrogens is 2. The molecule has 8 heteroatoms. The van der Waals surface area contributed by atoms with Crippen molar-refractivity contribution in [1.29, 1.82) is 0 Å². The van der Waals surface area contributed by atoms with E-state index in [2.05, 4.69) is 25.7 Å². The molecule has 1 aromatic heterocycles. The fourth-order valence-corrected chi connectivity index (χ4v) is 4.15. The lowest BCUT2D eigenvalue weighted by Crippen LogP contribution is -2.41. The van der Waals surface area contributed by atoms with Crippen LogP contribution < -0.4 is 15.5 Å². The Balaban J connectivity index is 1.22. The van der Waals surface area contributed by atoms with Gasteiger partial charge in [-0.3, -0.25) is 9.59 Å². The molecule has 1 aliphatic heterocycles. The Kier molecular flexibility index (Phi) is 6.52. The zero-order valence-electron chi connectivity index (χ0n) is 17.1. The van der Waals surface area contributed by atoms with Gasteiger partial charge in [0.1, 0.15) is 5.03 Å². The third-order valence-electron chi connectivity index (χ3n) is 5.39. The lowest BCUT2D eigenvalue weighted by atomic mass is 9.96. The van der Waals surface area contributed by atoms with Gasteiger partial charge in [0, 0.05) is 30.7 Å². The van der Waals surface area contributed by atoms with Crippen molar-refractivity contribution in [3.8, 4) is 0 Å². The predicted octanol–water partition coefficient (Wildman–Crippen LogP) is 3.01. The van der Waals surface area contributed by atoms with Crippen molar-refractivity contribution in [1.82, 2.24) is 15.5 Å². The third-order valence-corrected chi connectivity index (χ3v) is 6.31. The molecule has 0 atom stereocenters. The molecule has 0 bridgehead atoms.